The summed E-state index contributed by atoms with van der Waals surface area (Å²) >= 11 is 2.68. The van der Waals surface area contributed by atoms with Crippen molar-refractivity contribution in [2.24, 2.45) is 7.05 Å². The van der Waals surface area contributed by atoms with E-state index in [-0.39, 0.29) is 5.39 Å². The molecule has 0 unspecified atom stereocenters. The Bertz CT molecular complexity index is 955. The maximum Gasteiger partial charge on any atom is 0.434 e. The second-order valence-electron chi connectivity index (χ2n) is 4.85. The van der Waals surface area contributed by atoms with Crippen molar-refractivity contribution in [3.05, 3.63) is 32.2 Å². The van der Waals surface area contributed by atoms with E-state index in [1.807, 2.05) is 5.32 Å². The van der Waals surface area contributed by atoms with Gasteiger partial charge in [0.05, 0.1) is 5.39 Å². The Kier molecular flexibility index (Phi) is 4.75. The fourth-order valence-corrected chi connectivity index (χ4v) is 2.60. The topological polar surface area (TPSA) is 122 Å². The molecular weight excluding hydrogens is 415 g/mol. The highest BCUT2D eigenvalue weighted by atomic mass is 79.9. The normalized spacial score (nSPS) is 11.6. The molecule has 2 aromatic rings. The molecule has 2 heterocycles. The maximum atomic E-state index is 12.9. The number of hydrogen-bond donors (Lipinski definition) is 3. The number of carboxylic acids is 1. The van der Waals surface area contributed by atoms with Crippen molar-refractivity contribution in [1.29, 1.82) is 0 Å². The van der Waals surface area contributed by atoms with Crippen LogP contribution in [0.15, 0.2) is 15.3 Å². The Morgan fingerprint density at radius 1 is 1.40 bits per heavy atom. The number of aromatic nitrogens is 2. The van der Waals surface area contributed by atoms with Crippen LogP contribution in [0.3, 0.4) is 0 Å². The molecule has 0 aromatic carbocycles. The van der Waals surface area contributed by atoms with Gasteiger partial charge in [-0.25, -0.2) is 4.98 Å². The number of rotatable bonds is 3. The summed E-state index contributed by atoms with van der Waals surface area (Å²) in [6.07, 6.45) is -4.81. The number of amides is 1. The van der Waals surface area contributed by atoms with Gasteiger partial charge in [-0.2, -0.15) is 13.2 Å². The number of aromatic hydroxyl groups is 1. The third kappa shape index (κ3) is 3.43. The molecule has 8 nitrogen and oxygen atoms in total. The number of pyridine rings is 2. The third-order valence-electron chi connectivity index (χ3n) is 3.18. The number of nitrogens with zero attached hydrogens (tertiary/aromatic N) is 2. The zero-order chi connectivity index (χ0) is 19.1. The molecule has 134 valence electrons. The lowest BCUT2D eigenvalue weighted by Crippen LogP contribution is -2.35. The molecule has 2 aromatic heterocycles. The van der Waals surface area contributed by atoms with E-state index in [0.29, 0.717) is 4.57 Å². The Hall–Kier alpha value is -2.63. The Morgan fingerprint density at radius 2 is 2.00 bits per heavy atom. The smallest absolute Gasteiger partial charge is 0.434 e. The molecule has 0 saturated heterocycles. The monoisotopic (exact) mass is 423 g/mol. The van der Waals surface area contributed by atoms with E-state index in [9.17, 15) is 32.7 Å². The molecule has 0 fully saturated rings. The summed E-state index contributed by atoms with van der Waals surface area (Å²) in [6, 6.07) is 0.869. The summed E-state index contributed by atoms with van der Waals surface area (Å²) in [5, 5.41) is 20.3. The quantitative estimate of drug-likeness (QED) is 0.682. The number of carboxylic acid groups (broad SMARTS) is 1. The molecule has 0 radical (unpaired) electrons. The molecule has 25 heavy (non-hydrogen) atoms. The molecule has 0 aliphatic rings. The molecular formula is C13H9BrF3N3O5. The number of aliphatic carboxylic acids is 1. The summed E-state index contributed by atoms with van der Waals surface area (Å²) in [6.45, 7) is -0.811. The SMILES string of the molecule is Cn1c(=O)c(C(=O)NCC(=O)O)c(O)c2cc(Br)c(C(F)(F)F)nc21. The molecule has 3 N–H and O–H groups in total. The number of carbonyl (C=O) groups is 2. The standard InChI is InChI=1S/C13H9BrF3N3O5/c1-20-10-4(2-5(14)9(19-10)13(15,16)17)8(23)7(12(20)25)11(24)18-3-6(21)22/h2,23H,3H2,1H3,(H,18,24)(H,21,22). The van der Waals surface area contributed by atoms with Crippen LogP contribution in [0.1, 0.15) is 16.1 Å². The summed E-state index contributed by atoms with van der Waals surface area (Å²) in [5.41, 5.74) is -3.73. The second kappa shape index (κ2) is 6.35. The van der Waals surface area contributed by atoms with E-state index in [4.69, 9.17) is 5.11 Å². The fraction of sp³-hybridized carbons (Fsp3) is 0.231. The molecule has 0 aliphatic carbocycles. The van der Waals surface area contributed by atoms with Gasteiger partial charge in [-0.1, -0.05) is 0 Å². The van der Waals surface area contributed by atoms with E-state index < -0.39 is 57.3 Å². The average molecular weight is 424 g/mol. The average Bonchev–Trinajstić information content (AvgIpc) is 2.49. The van der Waals surface area contributed by atoms with Crippen molar-refractivity contribution in [3.63, 3.8) is 0 Å². The van der Waals surface area contributed by atoms with Crippen LogP contribution in [0.25, 0.3) is 11.0 Å². The molecule has 2 rings (SSSR count). The van der Waals surface area contributed by atoms with Crippen LogP contribution in [0.2, 0.25) is 0 Å². The Morgan fingerprint density at radius 3 is 2.52 bits per heavy atom. The van der Waals surface area contributed by atoms with Crippen molar-refractivity contribution >= 4 is 38.8 Å². The summed E-state index contributed by atoms with van der Waals surface area (Å²) < 4.78 is 39.0. The predicted molar refractivity (Wildman–Crippen MR) is 81.3 cm³/mol. The highest BCUT2D eigenvalue weighted by molar-refractivity contribution is 9.10. The largest absolute Gasteiger partial charge is 0.506 e. The minimum atomic E-state index is -4.81. The number of carbonyl (C=O) groups excluding carboxylic acids is 1. The van der Waals surface area contributed by atoms with E-state index in [2.05, 4.69) is 20.9 Å². The lowest BCUT2D eigenvalue weighted by atomic mass is 10.1. The maximum absolute atomic E-state index is 12.9. The number of halogens is 4. The van der Waals surface area contributed by atoms with Gasteiger partial charge in [-0.3, -0.25) is 19.0 Å². The number of alkyl halides is 3. The van der Waals surface area contributed by atoms with Crippen LogP contribution in [-0.2, 0) is 18.0 Å². The van der Waals surface area contributed by atoms with E-state index in [1.165, 1.54) is 0 Å². The summed E-state index contributed by atoms with van der Waals surface area (Å²) in [7, 11) is 1.07. The molecule has 1 amide bonds. The number of aryl methyl sites for hydroxylation is 1. The Balaban J connectivity index is 2.75. The van der Waals surface area contributed by atoms with Gasteiger partial charge in [-0.05, 0) is 22.0 Å². The van der Waals surface area contributed by atoms with Crippen LogP contribution < -0.4 is 10.9 Å². The third-order valence-corrected chi connectivity index (χ3v) is 3.78. The highest BCUT2D eigenvalue weighted by Crippen LogP contribution is 2.37. The molecule has 12 heteroatoms. The molecule has 0 aliphatic heterocycles. The van der Waals surface area contributed by atoms with Gasteiger partial charge < -0.3 is 15.5 Å². The number of hydrogen-bond acceptors (Lipinski definition) is 5. The zero-order valence-electron chi connectivity index (χ0n) is 12.3. The Labute approximate surface area is 145 Å². The summed E-state index contributed by atoms with van der Waals surface area (Å²) in [5.74, 6) is -3.47. The van der Waals surface area contributed by atoms with Gasteiger partial charge >= 0.3 is 12.1 Å². The van der Waals surface area contributed by atoms with Crippen LogP contribution in [-0.4, -0.2) is 38.2 Å². The lowest BCUT2D eigenvalue weighted by molar-refractivity contribution is -0.141. The van der Waals surface area contributed by atoms with Crippen LogP contribution in [0.5, 0.6) is 5.75 Å². The van der Waals surface area contributed by atoms with E-state index in [0.717, 1.165) is 13.1 Å². The first kappa shape index (κ1) is 18.7. The first-order chi connectivity index (χ1) is 11.4. The fourth-order valence-electron chi connectivity index (χ4n) is 2.06. The molecule has 0 spiro atoms. The highest BCUT2D eigenvalue weighted by Gasteiger charge is 2.36. The molecule has 0 saturated carbocycles. The van der Waals surface area contributed by atoms with Gasteiger partial charge in [0.15, 0.2) is 5.69 Å². The van der Waals surface area contributed by atoms with E-state index in [1.54, 1.807) is 0 Å². The van der Waals surface area contributed by atoms with Gasteiger partial charge in [0.1, 0.15) is 23.5 Å². The number of nitrogens with one attached hydrogen (secondary N) is 1. The minimum Gasteiger partial charge on any atom is -0.506 e. The van der Waals surface area contributed by atoms with Crippen LogP contribution in [0.4, 0.5) is 13.2 Å². The lowest BCUT2D eigenvalue weighted by Gasteiger charge is -2.14. The van der Waals surface area contributed by atoms with Crippen LogP contribution in [0, 0.1) is 0 Å². The minimum absolute atomic E-state index is 0.289. The van der Waals surface area contributed by atoms with Crippen molar-refractivity contribution in [3.8, 4) is 5.75 Å². The molecule has 0 atom stereocenters. The van der Waals surface area contributed by atoms with Gasteiger partial charge in [0.2, 0.25) is 0 Å². The summed E-state index contributed by atoms with van der Waals surface area (Å²) in [4.78, 5) is 38.0. The van der Waals surface area contributed by atoms with Crippen molar-refractivity contribution in [2.45, 2.75) is 6.18 Å². The van der Waals surface area contributed by atoms with Crippen molar-refractivity contribution < 1.29 is 33.0 Å². The van der Waals surface area contributed by atoms with Crippen LogP contribution >= 0.6 is 15.9 Å². The first-order valence-electron chi connectivity index (χ1n) is 6.44. The van der Waals surface area contributed by atoms with E-state index >= 15 is 0 Å². The van der Waals surface area contributed by atoms with Gasteiger partial charge in [0.25, 0.3) is 11.5 Å². The van der Waals surface area contributed by atoms with Gasteiger partial charge in [-0.15, -0.1) is 0 Å². The zero-order valence-corrected chi connectivity index (χ0v) is 13.9. The first-order valence-corrected chi connectivity index (χ1v) is 7.23. The van der Waals surface area contributed by atoms with Crippen molar-refractivity contribution in [2.75, 3.05) is 6.54 Å². The predicted octanol–water partition coefficient (Wildman–Crippen LogP) is 1.23. The van der Waals surface area contributed by atoms with Crippen molar-refractivity contribution in [1.82, 2.24) is 14.9 Å². The number of fused-ring (bicyclic) bond motifs is 1. The van der Waals surface area contributed by atoms with Gasteiger partial charge in [0, 0.05) is 11.5 Å². The molecule has 0 bridgehead atoms. The second-order valence-corrected chi connectivity index (χ2v) is 5.71.